The fraction of sp³-hybridized carbons (Fsp3) is 0.316. The van der Waals surface area contributed by atoms with Crippen LogP contribution in [0, 0.1) is 6.92 Å². The first kappa shape index (κ1) is 14.3. The Morgan fingerprint density at radius 1 is 1.30 bits per heavy atom. The van der Waals surface area contributed by atoms with Crippen LogP contribution in [-0.4, -0.2) is 21.8 Å². The molecule has 1 unspecified atom stereocenters. The first-order valence-electron chi connectivity index (χ1n) is 7.95. The van der Waals surface area contributed by atoms with E-state index in [4.69, 9.17) is 4.74 Å². The van der Waals surface area contributed by atoms with Gasteiger partial charge in [-0.05, 0) is 60.2 Å². The third-order valence-corrected chi connectivity index (χ3v) is 4.74. The van der Waals surface area contributed by atoms with Crippen LogP contribution in [0.4, 0.5) is 0 Å². The van der Waals surface area contributed by atoms with Crippen molar-refractivity contribution >= 4 is 11.0 Å². The standard InChI is InChI=1S/C19H20N2O2/c1-12-7-13(3-6-19(12)23-2)10-21-11-20-16-8-14-4-5-18(22)15(14)9-17(16)21/h3,6-9,11,18,22H,4-5,10H2,1-2H3. The zero-order valence-electron chi connectivity index (χ0n) is 13.4. The Bertz CT molecular complexity index is 882. The van der Waals surface area contributed by atoms with Gasteiger partial charge in [-0.25, -0.2) is 4.98 Å². The third kappa shape index (κ3) is 2.39. The Labute approximate surface area is 135 Å². The van der Waals surface area contributed by atoms with Crippen LogP contribution in [-0.2, 0) is 13.0 Å². The van der Waals surface area contributed by atoms with Gasteiger partial charge in [0.15, 0.2) is 0 Å². The maximum Gasteiger partial charge on any atom is 0.121 e. The van der Waals surface area contributed by atoms with Crippen LogP contribution >= 0.6 is 0 Å². The molecule has 1 N–H and O–H groups in total. The van der Waals surface area contributed by atoms with Crippen molar-refractivity contribution in [3.05, 3.63) is 58.9 Å². The molecule has 1 aliphatic rings. The minimum absolute atomic E-state index is 0.332. The van der Waals surface area contributed by atoms with E-state index in [9.17, 15) is 5.11 Å². The van der Waals surface area contributed by atoms with Gasteiger partial charge in [0, 0.05) is 6.54 Å². The first-order valence-corrected chi connectivity index (χ1v) is 7.95. The summed E-state index contributed by atoms with van der Waals surface area (Å²) < 4.78 is 7.46. The van der Waals surface area contributed by atoms with Crippen molar-refractivity contribution in [3.63, 3.8) is 0 Å². The summed E-state index contributed by atoms with van der Waals surface area (Å²) >= 11 is 0. The number of rotatable bonds is 3. The lowest BCUT2D eigenvalue weighted by Gasteiger charge is -2.10. The molecule has 118 valence electrons. The second-order valence-corrected chi connectivity index (χ2v) is 6.27. The number of aliphatic hydroxyl groups is 1. The monoisotopic (exact) mass is 308 g/mol. The van der Waals surface area contributed by atoms with Crippen LogP contribution in [0.3, 0.4) is 0 Å². The van der Waals surface area contributed by atoms with E-state index >= 15 is 0 Å². The van der Waals surface area contributed by atoms with E-state index in [1.807, 2.05) is 12.4 Å². The highest BCUT2D eigenvalue weighted by atomic mass is 16.5. The van der Waals surface area contributed by atoms with E-state index in [-0.39, 0.29) is 6.10 Å². The van der Waals surface area contributed by atoms with E-state index in [1.165, 1.54) is 11.1 Å². The molecule has 1 aromatic heterocycles. The molecule has 4 rings (SSSR count). The van der Waals surface area contributed by atoms with E-state index in [0.717, 1.165) is 47.3 Å². The highest BCUT2D eigenvalue weighted by molar-refractivity contribution is 5.78. The molecule has 3 aromatic rings. The van der Waals surface area contributed by atoms with E-state index in [2.05, 4.69) is 40.7 Å². The van der Waals surface area contributed by atoms with Crippen molar-refractivity contribution in [2.24, 2.45) is 0 Å². The lowest BCUT2D eigenvalue weighted by atomic mass is 10.1. The predicted molar refractivity (Wildman–Crippen MR) is 89.8 cm³/mol. The zero-order valence-corrected chi connectivity index (χ0v) is 13.4. The number of hydrogen-bond acceptors (Lipinski definition) is 3. The maximum atomic E-state index is 10.1. The largest absolute Gasteiger partial charge is 0.496 e. The molecule has 1 aliphatic carbocycles. The van der Waals surface area contributed by atoms with Crippen LogP contribution in [0.1, 0.15) is 34.8 Å². The van der Waals surface area contributed by atoms with Gasteiger partial charge in [-0.2, -0.15) is 0 Å². The van der Waals surface area contributed by atoms with Crippen LogP contribution in [0.2, 0.25) is 0 Å². The van der Waals surface area contributed by atoms with Crippen molar-refractivity contribution < 1.29 is 9.84 Å². The van der Waals surface area contributed by atoms with Gasteiger partial charge < -0.3 is 14.4 Å². The van der Waals surface area contributed by atoms with Gasteiger partial charge in [0.05, 0.1) is 30.6 Å². The molecule has 2 aromatic carbocycles. The maximum absolute atomic E-state index is 10.1. The summed E-state index contributed by atoms with van der Waals surface area (Å²) in [5.41, 5.74) is 6.72. The molecule has 0 amide bonds. The molecule has 0 saturated carbocycles. The van der Waals surface area contributed by atoms with E-state index in [0.29, 0.717) is 0 Å². The van der Waals surface area contributed by atoms with Gasteiger partial charge in [-0.15, -0.1) is 0 Å². The summed E-state index contributed by atoms with van der Waals surface area (Å²) in [6, 6.07) is 10.5. The molecular formula is C19H20N2O2. The summed E-state index contributed by atoms with van der Waals surface area (Å²) in [4.78, 5) is 4.53. The number of nitrogens with zero attached hydrogens (tertiary/aromatic N) is 2. The van der Waals surface area contributed by atoms with Crippen molar-refractivity contribution in [2.45, 2.75) is 32.4 Å². The average molecular weight is 308 g/mol. The number of methoxy groups -OCH3 is 1. The average Bonchev–Trinajstić information content (AvgIpc) is 3.10. The van der Waals surface area contributed by atoms with Gasteiger partial charge in [0.1, 0.15) is 5.75 Å². The highest BCUT2D eigenvalue weighted by Gasteiger charge is 2.21. The van der Waals surface area contributed by atoms with Crippen molar-refractivity contribution in [1.82, 2.24) is 9.55 Å². The van der Waals surface area contributed by atoms with Crippen LogP contribution < -0.4 is 4.74 Å². The molecule has 0 spiro atoms. The lowest BCUT2D eigenvalue weighted by Crippen LogP contribution is -2.00. The van der Waals surface area contributed by atoms with Gasteiger partial charge in [-0.1, -0.05) is 12.1 Å². The molecule has 1 atom stereocenters. The molecule has 0 bridgehead atoms. The molecule has 4 nitrogen and oxygen atoms in total. The minimum Gasteiger partial charge on any atom is -0.496 e. The molecule has 23 heavy (non-hydrogen) atoms. The van der Waals surface area contributed by atoms with Gasteiger partial charge in [-0.3, -0.25) is 0 Å². The van der Waals surface area contributed by atoms with Gasteiger partial charge in [0.2, 0.25) is 0 Å². The Kier molecular flexibility index (Phi) is 3.34. The molecule has 0 saturated heterocycles. The Hall–Kier alpha value is -2.33. The van der Waals surface area contributed by atoms with Gasteiger partial charge >= 0.3 is 0 Å². The minimum atomic E-state index is -0.332. The molecule has 0 aliphatic heterocycles. The van der Waals surface area contributed by atoms with E-state index < -0.39 is 0 Å². The molecule has 1 heterocycles. The van der Waals surface area contributed by atoms with Crippen LogP contribution in [0.15, 0.2) is 36.7 Å². The topological polar surface area (TPSA) is 47.3 Å². The fourth-order valence-corrected chi connectivity index (χ4v) is 3.50. The summed E-state index contributed by atoms with van der Waals surface area (Å²) in [5, 5.41) is 10.1. The number of aromatic nitrogens is 2. The number of benzene rings is 2. The summed E-state index contributed by atoms with van der Waals surface area (Å²) in [7, 11) is 1.69. The predicted octanol–water partition coefficient (Wildman–Crippen LogP) is 3.38. The Balaban J connectivity index is 1.72. The fourth-order valence-electron chi connectivity index (χ4n) is 3.50. The third-order valence-electron chi connectivity index (χ3n) is 4.74. The second kappa shape index (κ2) is 5.39. The molecule has 4 heteroatoms. The second-order valence-electron chi connectivity index (χ2n) is 6.27. The summed E-state index contributed by atoms with van der Waals surface area (Å²) in [6.07, 6.45) is 3.31. The quantitative estimate of drug-likeness (QED) is 0.807. The number of hydrogen-bond donors (Lipinski definition) is 1. The summed E-state index contributed by atoms with van der Waals surface area (Å²) in [5.74, 6) is 0.908. The van der Waals surface area contributed by atoms with Crippen molar-refractivity contribution in [1.29, 1.82) is 0 Å². The van der Waals surface area contributed by atoms with Gasteiger partial charge in [0.25, 0.3) is 0 Å². The number of ether oxygens (including phenoxy) is 1. The van der Waals surface area contributed by atoms with E-state index in [1.54, 1.807) is 7.11 Å². The molecule has 0 fully saturated rings. The Morgan fingerprint density at radius 3 is 2.96 bits per heavy atom. The number of aliphatic hydroxyl groups excluding tert-OH is 1. The van der Waals surface area contributed by atoms with Crippen LogP contribution in [0.5, 0.6) is 5.75 Å². The highest BCUT2D eigenvalue weighted by Crippen LogP contribution is 2.34. The Morgan fingerprint density at radius 2 is 2.17 bits per heavy atom. The number of fused-ring (bicyclic) bond motifs is 2. The van der Waals surface area contributed by atoms with Crippen LogP contribution in [0.25, 0.3) is 11.0 Å². The molecule has 0 radical (unpaired) electrons. The number of aryl methyl sites for hydroxylation is 2. The molecular weight excluding hydrogens is 288 g/mol. The normalized spacial score (nSPS) is 16.7. The first-order chi connectivity index (χ1) is 11.2. The van der Waals surface area contributed by atoms with Crippen molar-refractivity contribution in [3.8, 4) is 5.75 Å². The smallest absolute Gasteiger partial charge is 0.121 e. The SMILES string of the molecule is COc1ccc(Cn2cnc3cc4c(cc32)C(O)CC4)cc1C. The van der Waals surface area contributed by atoms with Crippen molar-refractivity contribution in [2.75, 3.05) is 7.11 Å². The number of imidazole rings is 1. The lowest BCUT2D eigenvalue weighted by molar-refractivity contribution is 0.180. The summed E-state index contributed by atoms with van der Waals surface area (Å²) in [6.45, 7) is 2.81. The zero-order chi connectivity index (χ0) is 16.0.